The molecule has 0 aromatic carbocycles. The van der Waals surface area contributed by atoms with Gasteiger partial charge in [0, 0.05) is 6.04 Å². The summed E-state index contributed by atoms with van der Waals surface area (Å²) in [6.07, 6.45) is 0.420. The Kier molecular flexibility index (Phi) is 8.26. The highest BCUT2D eigenvalue weighted by molar-refractivity contribution is 5.86. The van der Waals surface area contributed by atoms with Crippen molar-refractivity contribution in [2.75, 3.05) is 7.11 Å². The van der Waals surface area contributed by atoms with Gasteiger partial charge < -0.3 is 15.4 Å². The van der Waals surface area contributed by atoms with Crippen molar-refractivity contribution in [3.63, 3.8) is 0 Å². The second kappa shape index (κ2) is 8.82. The Labute approximate surface area is 122 Å². The van der Waals surface area contributed by atoms with Gasteiger partial charge in [-0.1, -0.05) is 48.0 Å². The topological polar surface area (TPSA) is 67.4 Å². The number of nitrogens with one attached hydrogen (secondary N) is 2. The molecule has 3 atom stereocenters. The fourth-order valence-electron chi connectivity index (χ4n) is 2.19. The number of alkyl carbamates (subject to hydrolysis) is 1. The number of rotatable bonds is 7. The Morgan fingerprint density at radius 1 is 1.00 bits per heavy atom. The maximum atomic E-state index is 12.4. The highest BCUT2D eigenvalue weighted by Crippen LogP contribution is 2.16. The Morgan fingerprint density at radius 2 is 1.55 bits per heavy atom. The lowest BCUT2D eigenvalue weighted by atomic mass is 9.89. The van der Waals surface area contributed by atoms with Gasteiger partial charge in [-0.2, -0.15) is 0 Å². The molecule has 0 saturated heterocycles. The normalized spacial score (nSPS) is 15.7. The largest absolute Gasteiger partial charge is 0.453 e. The Hall–Kier alpha value is -1.26. The zero-order chi connectivity index (χ0) is 15.9. The molecule has 5 heteroatoms. The predicted molar refractivity (Wildman–Crippen MR) is 80.4 cm³/mol. The molecule has 2 amide bonds. The molecule has 118 valence electrons. The van der Waals surface area contributed by atoms with E-state index in [0.717, 1.165) is 6.42 Å². The summed E-state index contributed by atoms with van der Waals surface area (Å²) in [5.74, 6) is 0.591. The maximum absolute atomic E-state index is 12.4. The molecule has 0 heterocycles. The molecule has 0 aromatic rings. The summed E-state index contributed by atoms with van der Waals surface area (Å²) in [5, 5.41) is 5.66. The van der Waals surface area contributed by atoms with Crippen LogP contribution in [0, 0.1) is 17.8 Å². The van der Waals surface area contributed by atoms with Gasteiger partial charge in [0.05, 0.1) is 7.11 Å². The minimum absolute atomic E-state index is 0.00107. The van der Waals surface area contributed by atoms with Crippen LogP contribution in [-0.4, -0.2) is 31.2 Å². The summed E-state index contributed by atoms with van der Waals surface area (Å²) in [7, 11) is 1.29. The van der Waals surface area contributed by atoms with Crippen LogP contribution in [0.3, 0.4) is 0 Å². The summed E-state index contributed by atoms with van der Waals surface area (Å²) < 4.78 is 4.57. The zero-order valence-electron chi connectivity index (χ0n) is 13.8. The van der Waals surface area contributed by atoms with Crippen molar-refractivity contribution in [2.24, 2.45) is 17.8 Å². The predicted octanol–water partition coefficient (Wildman–Crippen LogP) is 2.55. The van der Waals surface area contributed by atoms with Crippen LogP contribution in [-0.2, 0) is 9.53 Å². The van der Waals surface area contributed by atoms with E-state index >= 15 is 0 Å². The lowest BCUT2D eigenvalue weighted by Gasteiger charge is -2.30. The van der Waals surface area contributed by atoms with Gasteiger partial charge >= 0.3 is 6.09 Å². The Balaban J connectivity index is 4.84. The second-order valence-electron chi connectivity index (χ2n) is 6.02. The summed E-state index contributed by atoms with van der Waals surface area (Å²) in [4.78, 5) is 23.7. The molecule has 0 aliphatic rings. The number of hydrogen-bond acceptors (Lipinski definition) is 3. The zero-order valence-corrected chi connectivity index (χ0v) is 13.8. The van der Waals surface area contributed by atoms with Crippen molar-refractivity contribution in [2.45, 2.75) is 60.0 Å². The van der Waals surface area contributed by atoms with E-state index in [0.29, 0.717) is 11.8 Å². The van der Waals surface area contributed by atoms with Gasteiger partial charge in [-0.15, -0.1) is 0 Å². The molecule has 0 bridgehead atoms. The summed E-state index contributed by atoms with van der Waals surface area (Å²) >= 11 is 0. The SMILES string of the molecule is CCC(C)[C@H](NC(=O)[C@H](NC(=O)OC)C(C)C)C(C)C. The van der Waals surface area contributed by atoms with E-state index in [1.54, 1.807) is 0 Å². The molecule has 0 fully saturated rings. The lowest BCUT2D eigenvalue weighted by molar-refractivity contribution is -0.125. The molecular formula is C15H30N2O3. The van der Waals surface area contributed by atoms with E-state index in [1.165, 1.54) is 7.11 Å². The number of ether oxygens (including phenoxy) is 1. The average molecular weight is 286 g/mol. The smallest absolute Gasteiger partial charge is 0.407 e. The number of amides is 2. The lowest BCUT2D eigenvalue weighted by Crippen LogP contribution is -2.54. The molecule has 5 nitrogen and oxygen atoms in total. The number of carbonyl (C=O) groups is 2. The third-order valence-corrected chi connectivity index (χ3v) is 3.69. The van der Waals surface area contributed by atoms with Crippen molar-refractivity contribution in [3.05, 3.63) is 0 Å². The number of carbonyl (C=O) groups excluding carboxylic acids is 2. The molecule has 2 N–H and O–H groups in total. The molecular weight excluding hydrogens is 256 g/mol. The standard InChI is InChI=1S/C15H30N2O3/c1-8-11(6)12(9(2)3)16-14(18)13(10(4)5)17-15(19)20-7/h9-13H,8H2,1-7H3,(H,16,18)(H,17,19)/t11?,12-,13-/m1/s1. The first kappa shape index (κ1) is 18.7. The molecule has 20 heavy (non-hydrogen) atoms. The van der Waals surface area contributed by atoms with E-state index in [1.807, 2.05) is 13.8 Å². The molecule has 0 rings (SSSR count). The third kappa shape index (κ3) is 5.80. The van der Waals surface area contributed by atoms with Gasteiger partial charge in [0.25, 0.3) is 0 Å². The van der Waals surface area contributed by atoms with Crippen molar-refractivity contribution in [3.8, 4) is 0 Å². The van der Waals surface area contributed by atoms with Gasteiger partial charge in [0.1, 0.15) is 6.04 Å². The van der Waals surface area contributed by atoms with Gasteiger partial charge in [-0.25, -0.2) is 4.79 Å². The Bertz CT molecular complexity index is 316. The third-order valence-electron chi connectivity index (χ3n) is 3.69. The highest BCUT2D eigenvalue weighted by atomic mass is 16.5. The fraction of sp³-hybridized carbons (Fsp3) is 0.867. The molecule has 0 aliphatic heterocycles. The minimum Gasteiger partial charge on any atom is -0.453 e. The first-order chi connectivity index (χ1) is 9.24. The summed E-state index contributed by atoms with van der Waals surface area (Å²) in [5.41, 5.74) is 0. The molecule has 0 aliphatic carbocycles. The first-order valence-corrected chi connectivity index (χ1v) is 7.39. The maximum Gasteiger partial charge on any atom is 0.407 e. The van der Waals surface area contributed by atoms with E-state index in [4.69, 9.17) is 0 Å². The van der Waals surface area contributed by atoms with Crippen LogP contribution < -0.4 is 10.6 Å². The van der Waals surface area contributed by atoms with E-state index in [9.17, 15) is 9.59 Å². The molecule has 1 unspecified atom stereocenters. The molecule has 0 radical (unpaired) electrons. The van der Waals surface area contributed by atoms with Crippen molar-refractivity contribution >= 4 is 12.0 Å². The van der Waals surface area contributed by atoms with Crippen molar-refractivity contribution in [1.29, 1.82) is 0 Å². The van der Waals surface area contributed by atoms with E-state index in [2.05, 4.69) is 43.1 Å². The second-order valence-corrected chi connectivity index (χ2v) is 6.02. The molecule has 0 aromatic heterocycles. The van der Waals surface area contributed by atoms with Gasteiger partial charge in [-0.05, 0) is 17.8 Å². The quantitative estimate of drug-likeness (QED) is 0.756. The van der Waals surface area contributed by atoms with Crippen LogP contribution in [0.5, 0.6) is 0 Å². The van der Waals surface area contributed by atoms with Crippen LogP contribution in [0.1, 0.15) is 48.0 Å². The summed E-state index contributed by atoms with van der Waals surface area (Å²) in [6.45, 7) is 12.2. The van der Waals surface area contributed by atoms with Crippen molar-refractivity contribution < 1.29 is 14.3 Å². The van der Waals surface area contributed by atoms with Gasteiger partial charge in [-0.3, -0.25) is 4.79 Å². The Morgan fingerprint density at radius 3 is 1.90 bits per heavy atom. The minimum atomic E-state index is -0.580. The van der Waals surface area contributed by atoms with Crippen LogP contribution in [0.15, 0.2) is 0 Å². The van der Waals surface area contributed by atoms with Crippen molar-refractivity contribution in [1.82, 2.24) is 10.6 Å². The van der Waals surface area contributed by atoms with E-state index < -0.39 is 12.1 Å². The fourth-order valence-corrected chi connectivity index (χ4v) is 2.19. The summed E-state index contributed by atoms with van der Waals surface area (Å²) in [6, 6.07) is -0.471. The molecule has 0 saturated carbocycles. The van der Waals surface area contributed by atoms with Crippen LogP contribution in [0.2, 0.25) is 0 Å². The average Bonchev–Trinajstić information content (AvgIpc) is 2.39. The van der Waals surface area contributed by atoms with E-state index in [-0.39, 0.29) is 17.9 Å². The van der Waals surface area contributed by atoms with Gasteiger partial charge in [0.2, 0.25) is 5.91 Å². The van der Waals surface area contributed by atoms with Gasteiger partial charge in [0.15, 0.2) is 0 Å². The molecule has 0 spiro atoms. The van der Waals surface area contributed by atoms with Crippen LogP contribution in [0.4, 0.5) is 4.79 Å². The first-order valence-electron chi connectivity index (χ1n) is 7.39. The highest BCUT2D eigenvalue weighted by Gasteiger charge is 2.29. The van der Waals surface area contributed by atoms with Crippen LogP contribution in [0.25, 0.3) is 0 Å². The number of hydrogen-bond donors (Lipinski definition) is 2. The monoisotopic (exact) mass is 286 g/mol. The number of methoxy groups -OCH3 is 1. The van der Waals surface area contributed by atoms with Crippen LogP contribution >= 0.6 is 0 Å².